The van der Waals surface area contributed by atoms with E-state index in [0.29, 0.717) is 42.0 Å². The Labute approximate surface area is 234 Å². The van der Waals surface area contributed by atoms with Crippen molar-refractivity contribution in [3.05, 3.63) is 52.5 Å². The van der Waals surface area contributed by atoms with E-state index in [1.165, 1.54) is 11.3 Å². The van der Waals surface area contributed by atoms with E-state index in [2.05, 4.69) is 13.8 Å². The van der Waals surface area contributed by atoms with E-state index < -0.39 is 10.0 Å². The Kier molecular flexibility index (Phi) is 9.81. The normalized spacial score (nSPS) is 16.0. The molecule has 1 amide bonds. The second-order valence-corrected chi connectivity index (χ2v) is 13.1. The van der Waals surface area contributed by atoms with E-state index in [9.17, 15) is 13.2 Å². The lowest BCUT2D eigenvalue weighted by molar-refractivity contribution is 0.0917. The van der Waals surface area contributed by atoms with Gasteiger partial charge in [-0.3, -0.25) is 9.69 Å². The van der Waals surface area contributed by atoms with Crippen molar-refractivity contribution >= 4 is 54.2 Å². The van der Waals surface area contributed by atoms with Gasteiger partial charge in [-0.25, -0.2) is 13.4 Å². The van der Waals surface area contributed by atoms with Crippen molar-refractivity contribution in [3.8, 4) is 0 Å². The topological polar surface area (TPSA) is 79.8 Å². The summed E-state index contributed by atoms with van der Waals surface area (Å²) in [7, 11) is -3.64. The third kappa shape index (κ3) is 6.57. The number of rotatable bonds is 12. The fourth-order valence-corrected chi connectivity index (χ4v) is 7.54. The van der Waals surface area contributed by atoms with Gasteiger partial charge in [0, 0.05) is 30.3 Å². The van der Waals surface area contributed by atoms with Crippen LogP contribution in [0.4, 0.5) is 5.13 Å². The van der Waals surface area contributed by atoms with E-state index in [1.807, 2.05) is 19.1 Å². The number of benzene rings is 2. The molecule has 1 unspecified atom stereocenters. The zero-order chi connectivity index (χ0) is 27.3. The first-order valence-corrected chi connectivity index (χ1v) is 16.0. The maximum absolute atomic E-state index is 13.8. The summed E-state index contributed by atoms with van der Waals surface area (Å²) < 4.78 is 35.0. The number of unbranched alkanes of at least 4 members (excludes halogenated alkanes) is 2. The summed E-state index contributed by atoms with van der Waals surface area (Å²) >= 11 is 7.68. The molecule has 4 rings (SSSR count). The van der Waals surface area contributed by atoms with Gasteiger partial charge in [-0.1, -0.05) is 49.6 Å². The molecule has 38 heavy (non-hydrogen) atoms. The highest BCUT2D eigenvalue weighted by Crippen LogP contribution is 2.34. The summed E-state index contributed by atoms with van der Waals surface area (Å²) in [5.74, 6) is -0.235. The van der Waals surface area contributed by atoms with Crippen LogP contribution in [0, 0.1) is 6.92 Å². The van der Waals surface area contributed by atoms with E-state index in [-0.39, 0.29) is 16.9 Å². The predicted octanol–water partition coefficient (Wildman–Crippen LogP) is 6.67. The Balaban J connectivity index is 1.63. The molecule has 1 saturated heterocycles. The molecular formula is C28H36ClN3O4S2. The maximum Gasteiger partial charge on any atom is 0.260 e. The molecule has 0 saturated carbocycles. The van der Waals surface area contributed by atoms with Crippen molar-refractivity contribution in [2.75, 3.05) is 31.1 Å². The van der Waals surface area contributed by atoms with Gasteiger partial charge in [-0.2, -0.15) is 4.31 Å². The Morgan fingerprint density at radius 2 is 1.82 bits per heavy atom. The van der Waals surface area contributed by atoms with Crippen molar-refractivity contribution < 1.29 is 17.9 Å². The molecule has 0 bridgehead atoms. The number of hydrogen-bond donors (Lipinski definition) is 0. The van der Waals surface area contributed by atoms with Crippen LogP contribution < -0.4 is 4.90 Å². The molecule has 206 valence electrons. The van der Waals surface area contributed by atoms with Crippen LogP contribution in [0.25, 0.3) is 10.2 Å². The van der Waals surface area contributed by atoms with Crippen LogP contribution in [0.2, 0.25) is 5.02 Å². The molecule has 1 aliphatic rings. The Morgan fingerprint density at radius 3 is 2.42 bits per heavy atom. The minimum absolute atomic E-state index is 0.0685. The number of amides is 1. The van der Waals surface area contributed by atoms with Gasteiger partial charge in [0.2, 0.25) is 10.0 Å². The van der Waals surface area contributed by atoms with Crippen molar-refractivity contribution in [3.63, 3.8) is 0 Å². The molecule has 0 N–H and O–H groups in total. The highest BCUT2D eigenvalue weighted by atomic mass is 35.5. The van der Waals surface area contributed by atoms with Gasteiger partial charge in [0.15, 0.2) is 5.13 Å². The average Bonchev–Trinajstić information content (AvgIpc) is 3.57. The molecule has 2 heterocycles. The molecule has 1 atom stereocenters. The van der Waals surface area contributed by atoms with Crippen LogP contribution in [0.1, 0.15) is 68.3 Å². The number of thiazole rings is 1. The summed E-state index contributed by atoms with van der Waals surface area (Å²) in [6.07, 6.45) is 5.23. The first-order chi connectivity index (χ1) is 18.2. The third-order valence-electron chi connectivity index (χ3n) is 6.79. The van der Waals surface area contributed by atoms with Crippen LogP contribution in [-0.4, -0.2) is 56.0 Å². The monoisotopic (exact) mass is 577 g/mol. The first kappa shape index (κ1) is 29.0. The van der Waals surface area contributed by atoms with Gasteiger partial charge in [0.25, 0.3) is 5.91 Å². The summed E-state index contributed by atoms with van der Waals surface area (Å²) in [4.78, 5) is 20.4. The lowest BCUT2D eigenvalue weighted by atomic mass is 10.2. The number of aromatic nitrogens is 1. The molecule has 0 spiro atoms. The van der Waals surface area contributed by atoms with Gasteiger partial charge < -0.3 is 4.74 Å². The van der Waals surface area contributed by atoms with Gasteiger partial charge >= 0.3 is 0 Å². The number of carbonyl (C=O) groups is 1. The van der Waals surface area contributed by atoms with Crippen LogP contribution in [0.5, 0.6) is 0 Å². The largest absolute Gasteiger partial charge is 0.376 e. The van der Waals surface area contributed by atoms with Crippen LogP contribution in [0.3, 0.4) is 0 Å². The summed E-state index contributed by atoms with van der Waals surface area (Å²) in [5, 5.41) is 1.21. The van der Waals surface area contributed by atoms with Crippen molar-refractivity contribution in [1.29, 1.82) is 0 Å². The van der Waals surface area contributed by atoms with E-state index in [1.54, 1.807) is 33.5 Å². The molecule has 1 fully saturated rings. The quantitative estimate of drug-likeness (QED) is 0.240. The lowest BCUT2D eigenvalue weighted by Crippen LogP contribution is -2.37. The second-order valence-electron chi connectivity index (χ2n) is 9.75. The number of sulfonamides is 1. The molecule has 7 nitrogen and oxygen atoms in total. The van der Waals surface area contributed by atoms with Crippen LogP contribution in [0.15, 0.2) is 41.3 Å². The van der Waals surface area contributed by atoms with Crippen molar-refractivity contribution in [2.45, 2.75) is 70.3 Å². The summed E-state index contributed by atoms with van der Waals surface area (Å²) in [6.45, 7) is 8.11. The molecule has 10 heteroatoms. The number of halogens is 1. The van der Waals surface area contributed by atoms with Crippen LogP contribution >= 0.6 is 22.9 Å². The Hall–Kier alpha value is -2.04. The minimum Gasteiger partial charge on any atom is -0.376 e. The zero-order valence-corrected chi connectivity index (χ0v) is 24.7. The molecule has 2 aromatic carbocycles. The smallest absolute Gasteiger partial charge is 0.260 e. The Morgan fingerprint density at radius 1 is 1.13 bits per heavy atom. The third-order valence-corrected chi connectivity index (χ3v) is 9.94. The minimum atomic E-state index is -3.64. The van der Waals surface area contributed by atoms with E-state index in [0.717, 1.165) is 54.3 Å². The number of carbonyl (C=O) groups excluding carboxylic acids is 1. The zero-order valence-electron chi connectivity index (χ0n) is 22.3. The van der Waals surface area contributed by atoms with Gasteiger partial charge in [-0.15, -0.1) is 0 Å². The highest BCUT2D eigenvalue weighted by Gasteiger charge is 2.29. The molecule has 0 aliphatic carbocycles. The summed E-state index contributed by atoms with van der Waals surface area (Å²) in [5.41, 5.74) is 2.18. The number of anilines is 1. The molecule has 1 aliphatic heterocycles. The molecule has 3 aromatic rings. The standard InChI is InChI=1S/C28H36ClN3O4S2/c1-4-6-14-31(15-7-5-2)38(34,35)24-12-10-21(11-13-24)27(33)32(19-23-9-8-16-36-23)28-30-26-20(3)17-22(29)18-25(26)37-28/h10-13,17-18,23H,4-9,14-16,19H2,1-3H3. The average molecular weight is 578 g/mol. The predicted molar refractivity (Wildman–Crippen MR) is 155 cm³/mol. The molecule has 1 aromatic heterocycles. The molecular weight excluding hydrogens is 542 g/mol. The van der Waals surface area contributed by atoms with Gasteiger partial charge in [0.1, 0.15) is 0 Å². The number of nitrogens with zero attached hydrogens (tertiary/aromatic N) is 3. The number of ether oxygens (including phenoxy) is 1. The van der Waals surface area contributed by atoms with E-state index in [4.69, 9.17) is 21.3 Å². The fraction of sp³-hybridized carbons (Fsp3) is 0.500. The highest BCUT2D eigenvalue weighted by molar-refractivity contribution is 7.89. The van der Waals surface area contributed by atoms with Gasteiger partial charge in [0.05, 0.1) is 27.8 Å². The molecule has 0 radical (unpaired) electrons. The van der Waals surface area contributed by atoms with Crippen molar-refractivity contribution in [2.24, 2.45) is 0 Å². The summed E-state index contributed by atoms with van der Waals surface area (Å²) in [6, 6.07) is 10.0. The van der Waals surface area contributed by atoms with Crippen molar-refractivity contribution in [1.82, 2.24) is 9.29 Å². The number of aryl methyl sites for hydroxylation is 1. The second kappa shape index (κ2) is 12.9. The fourth-order valence-electron chi connectivity index (χ4n) is 4.59. The SMILES string of the molecule is CCCCN(CCCC)S(=O)(=O)c1ccc(C(=O)N(CC2CCCO2)c2nc3c(C)cc(Cl)cc3s2)cc1. The van der Waals surface area contributed by atoms with Gasteiger partial charge in [-0.05, 0) is 74.6 Å². The number of fused-ring (bicyclic) bond motifs is 1. The number of hydrogen-bond acceptors (Lipinski definition) is 6. The lowest BCUT2D eigenvalue weighted by Gasteiger charge is -2.24. The Bertz CT molecular complexity index is 1340. The first-order valence-electron chi connectivity index (χ1n) is 13.3. The van der Waals surface area contributed by atoms with Crippen LogP contribution in [-0.2, 0) is 14.8 Å². The van der Waals surface area contributed by atoms with E-state index >= 15 is 0 Å². The maximum atomic E-state index is 13.8.